The third kappa shape index (κ3) is 2.69. The Kier molecular flexibility index (Phi) is 4.10. The number of pyridine rings is 1. The highest BCUT2D eigenvalue weighted by atomic mass is 35.5. The quantitative estimate of drug-likeness (QED) is 0.679. The van der Waals surface area contributed by atoms with E-state index in [0.717, 1.165) is 21.7 Å². The van der Waals surface area contributed by atoms with Gasteiger partial charge in [0, 0.05) is 10.6 Å². The lowest BCUT2D eigenvalue weighted by Crippen LogP contribution is -1.97. The van der Waals surface area contributed by atoms with Crippen molar-refractivity contribution < 1.29 is 4.74 Å². The number of nitriles is 1. The van der Waals surface area contributed by atoms with Crippen molar-refractivity contribution in [1.29, 1.82) is 5.26 Å². The molecule has 22 heavy (non-hydrogen) atoms. The second kappa shape index (κ2) is 6.18. The first-order valence-corrected chi connectivity index (χ1v) is 7.77. The van der Waals surface area contributed by atoms with E-state index in [-0.39, 0.29) is 0 Å². The van der Waals surface area contributed by atoms with Gasteiger partial charge in [0.1, 0.15) is 11.6 Å². The van der Waals surface area contributed by atoms with Gasteiger partial charge in [-0.15, -0.1) is 11.3 Å². The normalized spacial score (nSPS) is 10.2. The summed E-state index contributed by atoms with van der Waals surface area (Å²) in [5.74, 6) is 0.332. The molecule has 3 rings (SSSR count). The molecule has 3 aromatic rings. The molecule has 0 aliphatic carbocycles. The van der Waals surface area contributed by atoms with Crippen LogP contribution in [0.2, 0.25) is 5.02 Å². The average molecular weight is 327 g/mol. The fourth-order valence-corrected chi connectivity index (χ4v) is 3.00. The fourth-order valence-electron chi connectivity index (χ4n) is 2.19. The van der Waals surface area contributed by atoms with Crippen molar-refractivity contribution in [2.24, 2.45) is 0 Å². The minimum atomic E-state index is 0.332. The Morgan fingerprint density at radius 1 is 1.23 bits per heavy atom. The van der Waals surface area contributed by atoms with Crippen LogP contribution in [0.15, 0.2) is 47.8 Å². The highest BCUT2D eigenvalue weighted by molar-refractivity contribution is 7.13. The van der Waals surface area contributed by atoms with E-state index in [1.807, 2.05) is 35.7 Å². The van der Waals surface area contributed by atoms with Crippen molar-refractivity contribution in [1.82, 2.24) is 4.98 Å². The number of benzene rings is 1. The van der Waals surface area contributed by atoms with Gasteiger partial charge in [-0.25, -0.2) is 4.98 Å². The van der Waals surface area contributed by atoms with E-state index in [0.29, 0.717) is 16.5 Å². The van der Waals surface area contributed by atoms with Crippen molar-refractivity contribution in [2.75, 3.05) is 7.11 Å². The standard InChI is InChI=1S/C17H11ClN2OS/c1-21-17-14(10-19)13(11-4-6-12(18)7-5-11)9-15(20-17)16-3-2-8-22-16/h2-9H,1H3. The van der Waals surface area contributed by atoms with Gasteiger partial charge in [0.2, 0.25) is 5.88 Å². The van der Waals surface area contributed by atoms with E-state index in [4.69, 9.17) is 16.3 Å². The van der Waals surface area contributed by atoms with Crippen LogP contribution in [0.4, 0.5) is 0 Å². The number of halogens is 1. The number of hydrogen-bond acceptors (Lipinski definition) is 4. The zero-order chi connectivity index (χ0) is 15.5. The minimum Gasteiger partial charge on any atom is -0.480 e. The summed E-state index contributed by atoms with van der Waals surface area (Å²) in [7, 11) is 1.52. The molecule has 0 aliphatic rings. The molecule has 3 nitrogen and oxygen atoms in total. The van der Waals surface area contributed by atoms with Crippen LogP contribution in [-0.4, -0.2) is 12.1 Å². The maximum atomic E-state index is 9.47. The number of methoxy groups -OCH3 is 1. The van der Waals surface area contributed by atoms with E-state index in [9.17, 15) is 5.26 Å². The molecule has 108 valence electrons. The van der Waals surface area contributed by atoms with E-state index < -0.39 is 0 Å². The molecule has 0 saturated heterocycles. The van der Waals surface area contributed by atoms with Gasteiger partial charge in [0.05, 0.1) is 17.7 Å². The predicted molar refractivity (Wildman–Crippen MR) is 89.3 cm³/mol. The monoisotopic (exact) mass is 326 g/mol. The van der Waals surface area contributed by atoms with Crippen LogP contribution in [0.25, 0.3) is 21.7 Å². The number of ether oxygens (including phenoxy) is 1. The smallest absolute Gasteiger partial charge is 0.232 e. The van der Waals surface area contributed by atoms with Crippen LogP contribution >= 0.6 is 22.9 Å². The second-order valence-corrected chi connectivity index (χ2v) is 5.92. The maximum absolute atomic E-state index is 9.47. The molecular weight excluding hydrogens is 316 g/mol. The van der Waals surface area contributed by atoms with Crippen LogP contribution in [0.5, 0.6) is 5.88 Å². The summed E-state index contributed by atoms with van der Waals surface area (Å²) in [5, 5.41) is 12.1. The van der Waals surface area contributed by atoms with E-state index in [1.54, 1.807) is 23.5 Å². The first-order valence-electron chi connectivity index (χ1n) is 6.52. The Morgan fingerprint density at radius 3 is 2.59 bits per heavy atom. The first kappa shape index (κ1) is 14.6. The van der Waals surface area contributed by atoms with Crippen molar-refractivity contribution in [3.8, 4) is 33.6 Å². The molecule has 2 aromatic heterocycles. The number of rotatable bonds is 3. The highest BCUT2D eigenvalue weighted by Crippen LogP contribution is 2.34. The molecule has 1 aromatic carbocycles. The van der Waals surface area contributed by atoms with Crippen molar-refractivity contribution in [2.45, 2.75) is 0 Å². The Bertz CT molecular complexity index is 836. The van der Waals surface area contributed by atoms with Crippen LogP contribution < -0.4 is 4.74 Å². The van der Waals surface area contributed by atoms with Crippen LogP contribution in [0, 0.1) is 11.3 Å². The molecule has 0 bridgehead atoms. The number of nitrogens with zero attached hydrogens (tertiary/aromatic N) is 2. The summed E-state index contributed by atoms with van der Waals surface area (Å²) in [5.41, 5.74) is 2.90. The lowest BCUT2D eigenvalue weighted by Gasteiger charge is -2.10. The molecule has 0 fully saturated rings. The van der Waals surface area contributed by atoms with Crippen LogP contribution in [0.1, 0.15) is 5.56 Å². The first-order chi connectivity index (χ1) is 10.7. The van der Waals surface area contributed by atoms with Crippen molar-refractivity contribution in [3.63, 3.8) is 0 Å². The van der Waals surface area contributed by atoms with E-state index in [1.165, 1.54) is 7.11 Å². The molecule has 0 radical (unpaired) electrons. The largest absolute Gasteiger partial charge is 0.480 e. The summed E-state index contributed by atoms with van der Waals surface area (Å²) in [4.78, 5) is 5.47. The molecule has 5 heteroatoms. The Hall–Kier alpha value is -2.35. The zero-order valence-corrected chi connectivity index (χ0v) is 13.3. The van der Waals surface area contributed by atoms with Crippen LogP contribution in [0.3, 0.4) is 0 Å². The second-order valence-electron chi connectivity index (χ2n) is 4.54. The number of hydrogen-bond donors (Lipinski definition) is 0. The summed E-state index contributed by atoms with van der Waals surface area (Å²) < 4.78 is 5.31. The van der Waals surface area contributed by atoms with Gasteiger partial charge < -0.3 is 4.74 Å². The summed E-state index contributed by atoms with van der Waals surface area (Å²) in [6.07, 6.45) is 0. The Morgan fingerprint density at radius 2 is 2.00 bits per heavy atom. The molecule has 0 N–H and O–H groups in total. The fraction of sp³-hybridized carbons (Fsp3) is 0.0588. The van der Waals surface area contributed by atoms with Crippen molar-refractivity contribution in [3.05, 3.63) is 58.4 Å². The zero-order valence-electron chi connectivity index (χ0n) is 11.7. The molecule has 0 unspecified atom stereocenters. The number of thiophene rings is 1. The van der Waals surface area contributed by atoms with Gasteiger partial charge in [-0.1, -0.05) is 29.8 Å². The molecule has 0 spiro atoms. The van der Waals surface area contributed by atoms with Gasteiger partial charge >= 0.3 is 0 Å². The maximum Gasteiger partial charge on any atom is 0.232 e. The van der Waals surface area contributed by atoms with Gasteiger partial charge in [-0.05, 0) is 35.2 Å². The average Bonchev–Trinajstić information content (AvgIpc) is 3.08. The highest BCUT2D eigenvalue weighted by Gasteiger charge is 2.16. The third-order valence-corrected chi connectivity index (χ3v) is 4.36. The van der Waals surface area contributed by atoms with Gasteiger partial charge in [-0.3, -0.25) is 0 Å². The Balaban J connectivity index is 2.25. The van der Waals surface area contributed by atoms with Gasteiger partial charge in [0.15, 0.2) is 0 Å². The lowest BCUT2D eigenvalue weighted by molar-refractivity contribution is 0.397. The molecule has 0 atom stereocenters. The molecule has 0 saturated carbocycles. The molecule has 0 aliphatic heterocycles. The SMILES string of the molecule is COc1nc(-c2cccs2)cc(-c2ccc(Cl)cc2)c1C#N. The van der Waals surface area contributed by atoms with E-state index in [2.05, 4.69) is 11.1 Å². The molecule has 2 heterocycles. The van der Waals surface area contributed by atoms with Crippen molar-refractivity contribution >= 4 is 22.9 Å². The topological polar surface area (TPSA) is 45.9 Å². The summed E-state index contributed by atoms with van der Waals surface area (Å²) >= 11 is 7.54. The molecular formula is C17H11ClN2OS. The predicted octanol–water partition coefficient (Wildman–Crippen LogP) is 5.01. The van der Waals surface area contributed by atoms with Gasteiger partial charge in [0.25, 0.3) is 0 Å². The summed E-state index contributed by atoms with van der Waals surface area (Å²) in [6, 6.07) is 15.4. The summed E-state index contributed by atoms with van der Waals surface area (Å²) in [6.45, 7) is 0. The Labute approximate surface area is 137 Å². The number of aromatic nitrogens is 1. The lowest BCUT2D eigenvalue weighted by atomic mass is 10.0. The third-order valence-electron chi connectivity index (χ3n) is 3.22. The molecule has 0 amide bonds. The minimum absolute atomic E-state index is 0.332. The van der Waals surface area contributed by atoms with Crippen LogP contribution in [-0.2, 0) is 0 Å². The van der Waals surface area contributed by atoms with E-state index >= 15 is 0 Å². The van der Waals surface area contributed by atoms with Gasteiger partial charge in [-0.2, -0.15) is 5.26 Å².